The van der Waals surface area contributed by atoms with Crippen molar-refractivity contribution in [3.05, 3.63) is 0 Å². The molecule has 2 N–H and O–H groups in total. The highest BCUT2D eigenvalue weighted by Gasteiger charge is 2.18. The Hall–Kier alpha value is -0.570. The van der Waals surface area contributed by atoms with E-state index in [1.54, 1.807) is 0 Å². The molecule has 0 aromatic rings. The number of hydrogen-bond donors (Lipinski definition) is 1. The highest BCUT2D eigenvalue weighted by molar-refractivity contribution is 5.79. The van der Waals surface area contributed by atoms with Crippen LogP contribution >= 0.6 is 0 Å². The van der Waals surface area contributed by atoms with Crippen molar-refractivity contribution in [2.75, 3.05) is 6.54 Å². The van der Waals surface area contributed by atoms with Crippen molar-refractivity contribution < 1.29 is 4.79 Å². The molecule has 0 aliphatic carbocycles. The standard InChI is InChI=1S/C5H9N2O/c6-5(8)4-2-1-3-7-4/h4,6-7H,1-3H2/t4-/m0/s1. The number of amides is 1. The molecule has 1 atom stereocenters. The van der Waals surface area contributed by atoms with Crippen LogP contribution in [0.15, 0.2) is 0 Å². The Morgan fingerprint density at radius 3 is 2.75 bits per heavy atom. The van der Waals surface area contributed by atoms with Crippen molar-refractivity contribution in [1.82, 2.24) is 11.1 Å². The number of carbonyl (C=O) groups is 1. The predicted molar refractivity (Wildman–Crippen MR) is 29.1 cm³/mol. The van der Waals surface area contributed by atoms with Crippen LogP contribution in [-0.4, -0.2) is 18.5 Å². The van der Waals surface area contributed by atoms with Gasteiger partial charge in [0, 0.05) is 0 Å². The SMILES string of the molecule is [NH]C(=O)[C@@H]1CCCN1. The van der Waals surface area contributed by atoms with Gasteiger partial charge < -0.3 is 5.32 Å². The third-order valence-electron chi connectivity index (χ3n) is 1.38. The van der Waals surface area contributed by atoms with E-state index in [1.807, 2.05) is 0 Å². The Kier molecular flexibility index (Phi) is 1.48. The lowest BCUT2D eigenvalue weighted by Crippen LogP contribution is -2.31. The average molecular weight is 113 g/mol. The van der Waals surface area contributed by atoms with E-state index in [1.165, 1.54) is 0 Å². The van der Waals surface area contributed by atoms with Gasteiger partial charge in [-0.1, -0.05) is 0 Å². The van der Waals surface area contributed by atoms with Crippen LogP contribution in [-0.2, 0) is 4.79 Å². The molecule has 1 rings (SSSR count). The van der Waals surface area contributed by atoms with Gasteiger partial charge in [0.25, 0.3) is 5.91 Å². The minimum Gasteiger partial charge on any atom is -0.306 e. The molecule has 0 unspecified atom stereocenters. The molecule has 1 aliphatic rings. The van der Waals surface area contributed by atoms with Gasteiger partial charge in [0.2, 0.25) is 0 Å². The van der Waals surface area contributed by atoms with Crippen LogP contribution in [0.1, 0.15) is 12.8 Å². The molecule has 1 radical (unpaired) electrons. The molecular weight excluding hydrogens is 104 g/mol. The second kappa shape index (κ2) is 2.13. The van der Waals surface area contributed by atoms with Gasteiger partial charge in [0.05, 0.1) is 6.04 Å². The van der Waals surface area contributed by atoms with E-state index >= 15 is 0 Å². The van der Waals surface area contributed by atoms with Crippen molar-refractivity contribution in [2.45, 2.75) is 18.9 Å². The molecule has 0 spiro atoms. The van der Waals surface area contributed by atoms with Crippen molar-refractivity contribution in [1.29, 1.82) is 0 Å². The molecule has 3 nitrogen and oxygen atoms in total. The number of nitrogens with one attached hydrogen (secondary N) is 2. The molecule has 1 heterocycles. The summed E-state index contributed by atoms with van der Waals surface area (Å²) in [5.41, 5.74) is 6.67. The van der Waals surface area contributed by atoms with E-state index in [4.69, 9.17) is 5.73 Å². The van der Waals surface area contributed by atoms with Crippen molar-refractivity contribution >= 4 is 5.91 Å². The van der Waals surface area contributed by atoms with Gasteiger partial charge in [-0.05, 0) is 19.4 Å². The van der Waals surface area contributed by atoms with Gasteiger partial charge >= 0.3 is 0 Å². The van der Waals surface area contributed by atoms with Crippen molar-refractivity contribution in [3.8, 4) is 0 Å². The molecule has 1 fully saturated rings. The van der Waals surface area contributed by atoms with Crippen molar-refractivity contribution in [3.63, 3.8) is 0 Å². The van der Waals surface area contributed by atoms with Gasteiger partial charge in [-0.3, -0.25) is 10.5 Å². The quantitative estimate of drug-likeness (QED) is 0.500. The highest BCUT2D eigenvalue weighted by Crippen LogP contribution is 2.03. The molecule has 1 amide bonds. The summed E-state index contributed by atoms with van der Waals surface area (Å²) in [4.78, 5) is 10.3. The fraction of sp³-hybridized carbons (Fsp3) is 0.800. The molecule has 3 heteroatoms. The van der Waals surface area contributed by atoms with Crippen LogP contribution in [0.25, 0.3) is 0 Å². The number of carbonyl (C=O) groups excluding carboxylic acids is 1. The minimum absolute atomic E-state index is 0.157. The zero-order valence-corrected chi connectivity index (χ0v) is 4.61. The zero-order valence-electron chi connectivity index (χ0n) is 4.61. The maximum absolute atomic E-state index is 10.3. The molecule has 0 aromatic heterocycles. The average Bonchev–Trinajstić information content (AvgIpc) is 2.12. The Bertz CT molecular complexity index is 96.6. The van der Waals surface area contributed by atoms with E-state index < -0.39 is 5.91 Å². The number of hydrogen-bond acceptors (Lipinski definition) is 2. The Morgan fingerprint density at radius 2 is 2.50 bits per heavy atom. The lowest BCUT2D eigenvalue weighted by molar-refractivity contribution is -0.120. The molecule has 45 valence electrons. The number of rotatable bonds is 1. The van der Waals surface area contributed by atoms with Gasteiger partial charge in [-0.2, -0.15) is 0 Å². The zero-order chi connectivity index (χ0) is 5.98. The van der Waals surface area contributed by atoms with Crippen LogP contribution in [0.4, 0.5) is 0 Å². The fourth-order valence-corrected chi connectivity index (χ4v) is 0.908. The summed E-state index contributed by atoms with van der Waals surface area (Å²) in [5, 5.41) is 2.92. The van der Waals surface area contributed by atoms with Gasteiger partial charge in [-0.15, -0.1) is 0 Å². The highest BCUT2D eigenvalue weighted by atomic mass is 16.1. The molecule has 1 aliphatic heterocycles. The lowest BCUT2D eigenvalue weighted by atomic mass is 10.2. The van der Waals surface area contributed by atoms with Crippen LogP contribution < -0.4 is 11.1 Å². The van der Waals surface area contributed by atoms with Gasteiger partial charge in [0.1, 0.15) is 0 Å². The smallest absolute Gasteiger partial charge is 0.255 e. The first-order valence-electron chi connectivity index (χ1n) is 2.79. The molecular formula is C5H9N2O. The third-order valence-corrected chi connectivity index (χ3v) is 1.38. The van der Waals surface area contributed by atoms with Crippen LogP contribution in [0.3, 0.4) is 0 Å². The maximum atomic E-state index is 10.3. The summed E-state index contributed by atoms with van der Waals surface area (Å²) in [6, 6.07) is -0.157. The minimum atomic E-state index is -0.470. The molecule has 1 saturated heterocycles. The molecule has 0 aromatic carbocycles. The second-order valence-corrected chi connectivity index (χ2v) is 2.01. The largest absolute Gasteiger partial charge is 0.306 e. The normalized spacial score (nSPS) is 28.2. The molecule has 8 heavy (non-hydrogen) atoms. The lowest BCUT2D eigenvalue weighted by Gasteiger charge is -1.99. The molecule has 0 saturated carbocycles. The fourth-order valence-electron chi connectivity index (χ4n) is 0.908. The van der Waals surface area contributed by atoms with Crippen LogP contribution in [0.5, 0.6) is 0 Å². The summed E-state index contributed by atoms with van der Waals surface area (Å²) < 4.78 is 0. The molecule has 0 bridgehead atoms. The second-order valence-electron chi connectivity index (χ2n) is 2.01. The third kappa shape index (κ3) is 0.980. The first kappa shape index (κ1) is 5.56. The Morgan fingerprint density at radius 1 is 1.75 bits per heavy atom. The van der Waals surface area contributed by atoms with E-state index in [0.717, 1.165) is 19.4 Å². The van der Waals surface area contributed by atoms with E-state index in [0.29, 0.717) is 0 Å². The monoisotopic (exact) mass is 113 g/mol. The predicted octanol–water partition coefficient (Wildman–Crippen LogP) is -0.452. The summed E-state index contributed by atoms with van der Waals surface area (Å²) >= 11 is 0. The Balaban J connectivity index is 2.35. The van der Waals surface area contributed by atoms with Crippen LogP contribution in [0.2, 0.25) is 0 Å². The first-order valence-corrected chi connectivity index (χ1v) is 2.79. The van der Waals surface area contributed by atoms with E-state index in [-0.39, 0.29) is 6.04 Å². The summed E-state index contributed by atoms with van der Waals surface area (Å²) in [5.74, 6) is -0.470. The first-order chi connectivity index (χ1) is 3.80. The Labute approximate surface area is 48.2 Å². The maximum Gasteiger partial charge on any atom is 0.255 e. The summed E-state index contributed by atoms with van der Waals surface area (Å²) in [6.07, 6.45) is 1.89. The summed E-state index contributed by atoms with van der Waals surface area (Å²) in [7, 11) is 0. The van der Waals surface area contributed by atoms with Gasteiger partial charge in [0.15, 0.2) is 0 Å². The van der Waals surface area contributed by atoms with Crippen LogP contribution in [0, 0.1) is 0 Å². The van der Waals surface area contributed by atoms with E-state index in [9.17, 15) is 4.79 Å². The summed E-state index contributed by atoms with van der Waals surface area (Å²) in [6.45, 7) is 0.898. The van der Waals surface area contributed by atoms with E-state index in [2.05, 4.69) is 5.32 Å². The van der Waals surface area contributed by atoms with Gasteiger partial charge in [-0.25, -0.2) is 0 Å². The van der Waals surface area contributed by atoms with Crippen molar-refractivity contribution in [2.24, 2.45) is 0 Å². The topological polar surface area (TPSA) is 52.9 Å².